The fraction of sp³-hybridized carbons (Fsp3) is 0.462. The van der Waals surface area contributed by atoms with Gasteiger partial charge in [-0.05, 0) is 31.5 Å². The summed E-state index contributed by atoms with van der Waals surface area (Å²) in [4.78, 5) is 14.5. The first-order valence-corrected chi connectivity index (χ1v) is 7.69. The first kappa shape index (κ1) is 15.0. The van der Waals surface area contributed by atoms with Crippen LogP contribution >= 0.6 is 35.0 Å². The van der Waals surface area contributed by atoms with E-state index in [9.17, 15) is 9.90 Å². The maximum atomic E-state index is 12.0. The third-order valence-corrected chi connectivity index (χ3v) is 4.77. The molecule has 1 atom stereocenters. The number of thioether (sulfide) groups is 1. The number of β-amino-alcohol motifs (C(OH)–C–C–N with tert-alkyl or cyclic N) is 1. The molecule has 1 unspecified atom stereocenters. The smallest absolute Gasteiger partial charge is 0.233 e. The lowest BCUT2D eigenvalue weighted by Crippen LogP contribution is -2.34. The highest BCUT2D eigenvalue weighted by atomic mass is 35.5. The van der Waals surface area contributed by atoms with Crippen molar-refractivity contribution in [2.75, 3.05) is 18.8 Å². The van der Waals surface area contributed by atoms with E-state index in [1.165, 1.54) is 11.8 Å². The Kier molecular flexibility index (Phi) is 4.66. The summed E-state index contributed by atoms with van der Waals surface area (Å²) in [5.74, 6) is 0.315. The number of hydrogen-bond acceptors (Lipinski definition) is 3. The first-order chi connectivity index (χ1) is 8.87. The Balaban J connectivity index is 1.92. The number of aliphatic hydroxyl groups is 1. The topological polar surface area (TPSA) is 40.5 Å². The fourth-order valence-electron chi connectivity index (χ4n) is 1.98. The van der Waals surface area contributed by atoms with E-state index in [0.29, 0.717) is 35.3 Å². The summed E-state index contributed by atoms with van der Waals surface area (Å²) < 4.78 is 0. The summed E-state index contributed by atoms with van der Waals surface area (Å²) in [6, 6.07) is 5.19. The van der Waals surface area contributed by atoms with Crippen LogP contribution in [0.5, 0.6) is 0 Å². The zero-order chi connectivity index (χ0) is 14.0. The van der Waals surface area contributed by atoms with Crippen LogP contribution in [0.4, 0.5) is 0 Å². The summed E-state index contributed by atoms with van der Waals surface area (Å²) >= 11 is 13.3. The SMILES string of the molecule is CC1(O)CCN(C(=O)CSc2cc(Cl)ccc2Cl)C1. The number of nitrogens with zero attached hydrogens (tertiary/aromatic N) is 1. The highest BCUT2D eigenvalue weighted by Gasteiger charge is 2.33. The van der Waals surface area contributed by atoms with Crippen molar-refractivity contribution < 1.29 is 9.90 Å². The maximum absolute atomic E-state index is 12.0. The van der Waals surface area contributed by atoms with Crippen molar-refractivity contribution in [1.82, 2.24) is 4.90 Å². The number of carbonyl (C=O) groups is 1. The molecule has 1 N–H and O–H groups in total. The summed E-state index contributed by atoms with van der Waals surface area (Å²) in [5.41, 5.74) is -0.756. The van der Waals surface area contributed by atoms with Crippen LogP contribution in [0.15, 0.2) is 23.1 Å². The molecule has 1 aromatic rings. The monoisotopic (exact) mass is 319 g/mol. The summed E-state index contributed by atoms with van der Waals surface area (Å²) in [6.07, 6.45) is 0.626. The molecule has 104 valence electrons. The lowest BCUT2D eigenvalue weighted by Gasteiger charge is -2.18. The predicted molar refractivity (Wildman–Crippen MR) is 79.0 cm³/mol. The number of benzene rings is 1. The van der Waals surface area contributed by atoms with Crippen LogP contribution in [-0.2, 0) is 4.79 Å². The molecule has 0 spiro atoms. The molecule has 0 bridgehead atoms. The molecule has 0 aromatic heterocycles. The van der Waals surface area contributed by atoms with E-state index in [-0.39, 0.29) is 5.91 Å². The van der Waals surface area contributed by atoms with E-state index in [4.69, 9.17) is 23.2 Å². The normalized spacial score (nSPS) is 22.8. The second-order valence-electron chi connectivity index (χ2n) is 4.93. The van der Waals surface area contributed by atoms with Gasteiger partial charge in [-0.15, -0.1) is 11.8 Å². The Morgan fingerprint density at radius 1 is 1.53 bits per heavy atom. The largest absolute Gasteiger partial charge is 0.388 e. The minimum Gasteiger partial charge on any atom is -0.388 e. The van der Waals surface area contributed by atoms with Gasteiger partial charge >= 0.3 is 0 Å². The molecule has 3 nitrogen and oxygen atoms in total. The Morgan fingerprint density at radius 2 is 2.26 bits per heavy atom. The fourth-order valence-corrected chi connectivity index (χ4v) is 3.37. The quantitative estimate of drug-likeness (QED) is 0.870. The lowest BCUT2D eigenvalue weighted by molar-refractivity contribution is -0.128. The zero-order valence-electron chi connectivity index (χ0n) is 10.5. The van der Waals surface area contributed by atoms with E-state index in [1.807, 2.05) is 0 Å². The van der Waals surface area contributed by atoms with Crippen LogP contribution in [0.1, 0.15) is 13.3 Å². The third kappa shape index (κ3) is 4.02. The molecule has 0 saturated carbocycles. The van der Waals surface area contributed by atoms with Crippen molar-refractivity contribution in [2.45, 2.75) is 23.8 Å². The molecule has 1 fully saturated rings. The molecule has 0 radical (unpaired) electrons. The Bertz CT molecular complexity index is 494. The molecular formula is C13H15Cl2NO2S. The van der Waals surface area contributed by atoms with Crippen LogP contribution in [0.2, 0.25) is 10.0 Å². The molecule has 19 heavy (non-hydrogen) atoms. The van der Waals surface area contributed by atoms with Gasteiger partial charge in [0.15, 0.2) is 0 Å². The van der Waals surface area contributed by atoms with Crippen molar-refractivity contribution in [3.63, 3.8) is 0 Å². The Morgan fingerprint density at radius 3 is 2.89 bits per heavy atom. The van der Waals surface area contributed by atoms with Crippen molar-refractivity contribution in [2.24, 2.45) is 0 Å². The van der Waals surface area contributed by atoms with E-state index >= 15 is 0 Å². The average Bonchev–Trinajstić information content (AvgIpc) is 2.70. The van der Waals surface area contributed by atoms with Crippen LogP contribution < -0.4 is 0 Å². The standard InChI is InChI=1S/C13H15Cl2NO2S/c1-13(18)4-5-16(8-13)12(17)7-19-11-6-9(14)2-3-10(11)15/h2-3,6,18H,4-5,7-8H2,1H3. The minimum absolute atomic E-state index is 0.0128. The molecule has 1 amide bonds. The van der Waals surface area contributed by atoms with Gasteiger partial charge < -0.3 is 10.0 Å². The van der Waals surface area contributed by atoms with Crippen LogP contribution in [0.3, 0.4) is 0 Å². The zero-order valence-corrected chi connectivity index (χ0v) is 12.9. The Hall–Kier alpha value is -0.420. The number of amides is 1. The number of carbonyl (C=O) groups excluding carboxylic acids is 1. The number of rotatable bonds is 3. The van der Waals surface area contributed by atoms with Crippen molar-refractivity contribution >= 4 is 40.9 Å². The van der Waals surface area contributed by atoms with E-state index in [1.54, 1.807) is 30.0 Å². The minimum atomic E-state index is -0.756. The van der Waals surface area contributed by atoms with Crippen LogP contribution in [-0.4, -0.2) is 40.4 Å². The molecule has 2 rings (SSSR count). The highest BCUT2D eigenvalue weighted by molar-refractivity contribution is 8.00. The van der Waals surface area contributed by atoms with Gasteiger partial charge in [-0.25, -0.2) is 0 Å². The molecule has 1 aliphatic heterocycles. The first-order valence-electron chi connectivity index (χ1n) is 5.95. The molecule has 1 aliphatic rings. The van der Waals surface area contributed by atoms with Gasteiger partial charge in [0.05, 0.1) is 16.4 Å². The number of halogens is 2. The second kappa shape index (κ2) is 5.92. The van der Waals surface area contributed by atoms with E-state index in [2.05, 4.69) is 0 Å². The molecule has 1 heterocycles. The van der Waals surface area contributed by atoms with Crippen molar-refractivity contribution in [3.8, 4) is 0 Å². The second-order valence-corrected chi connectivity index (χ2v) is 6.79. The van der Waals surface area contributed by atoms with Gasteiger partial charge in [-0.3, -0.25) is 4.79 Å². The van der Waals surface area contributed by atoms with Crippen molar-refractivity contribution in [3.05, 3.63) is 28.2 Å². The molecule has 6 heteroatoms. The van der Waals surface area contributed by atoms with Crippen molar-refractivity contribution in [1.29, 1.82) is 0 Å². The van der Waals surface area contributed by atoms with Crippen LogP contribution in [0.25, 0.3) is 0 Å². The van der Waals surface area contributed by atoms with E-state index < -0.39 is 5.60 Å². The van der Waals surface area contributed by atoms with Gasteiger partial charge in [-0.2, -0.15) is 0 Å². The maximum Gasteiger partial charge on any atom is 0.233 e. The number of likely N-dealkylation sites (tertiary alicyclic amines) is 1. The predicted octanol–water partition coefficient (Wildman–Crippen LogP) is 3.07. The lowest BCUT2D eigenvalue weighted by atomic mass is 10.1. The average molecular weight is 320 g/mol. The summed E-state index contributed by atoms with van der Waals surface area (Å²) in [7, 11) is 0. The number of hydrogen-bond donors (Lipinski definition) is 1. The highest BCUT2D eigenvalue weighted by Crippen LogP contribution is 2.30. The summed E-state index contributed by atoms with van der Waals surface area (Å²) in [5, 5.41) is 11.0. The van der Waals surface area contributed by atoms with Gasteiger partial charge in [0.1, 0.15) is 0 Å². The molecule has 1 saturated heterocycles. The molecule has 1 aromatic carbocycles. The third-order valence-electron chi connectivity index (χ3n) is 3.05. The summed E-state index contributed by atoms with van der Waals surface area (Å²) in [6.45, 7) is 2.76. The van der Waals surface area contributed by atoms with E-state index in [0.717, 1.165) is 4.90 Å². The van der Waals surface area contributed by atoms with Gasteiger partial charge in [0.25, 0.3) is 0 Å². The van der Waals surface area contributed by atoms with Gasteiger partial charge in [0.2, 0.25) is 5.91 Å². The molecular weight excluding hydrogens is 305 g/mol. The van der Waals surface area contributed by atoms with Crippen LogP contribution in [0, 0.1) is 0 Å². The molecule has 0 aliphatic carbocycles. The van der Waals surface area contributed by atoms with Gasteiger partial charge in [0, 0.05) is 23.0 Å². The Labute approximate surface area is 126 Å². The van der Waals surface area contributed by atoms with Gasteiger partial charge in [-0.1, -0.05) is 23.2 Å².